The lowest BCUT2D eigenvalue weighted by atomic mass is 10.1. The van der Waals surface area contributed by atoms with E-state index in [9.17, 15) is 4.79 Å². The van der Waals surface area contributed by atoms with Gasteiger partial charge in [0, 0.05) is 19.2 Å². The minimum atomic E-state index is -0.158. The minimum absolute atomic E-state index is 0.158. The van der Waals surface area contributed by atoms with Gasteiger partial charge in [-0.3, -0.25) is 4.79 Å². The summed E-state index contributed by atoms with van der Waals surface area (Å²) in [4.78, 5) is 20.2. The van der Waals surface area contributed by atoms with Crippen molar-refractivity contribution in [3.63, 3.8) is 0 Å². The predicted molar refractivity (Wildman–Crippen MR) is 87.8 cm³/mol. The Bertz CT molecular complexity index is 628. The van der Waals surface area contributed by atoms with Gasteiger partial charge in [-0.1, -0.05) is 37.6 Å². The van der Waals surface area contributed by atoms with Gasteiger partial charge in [0.2, 0.25) is 0 Å². The first-order chi connectivity index (χ1) is 10.7. The first-order valence-corrected chi connectivity index (χ1v) is 7.59. The van der Waals surface area contributed by atoms with Crippen molar-refractivity contribution in [2.75, 3.05) is 11.9 Å². The zero-order chi connectivity index (χ0) is 15.8. The lowest BCUT2D eigenvalue weighted by Crippen LogP contribution is -2.25. The summed E-state index contributed by atoms with van der Waals surface area (Å²) in [6.45, 7) is 5.50. The number of carbonyl (C=O) groups excluding carboxylic acids is 1. The number of hydrogen-bond acceptors (Lipinski definition) is 4. The fourth-order valence-electron chi connectivity index (χ4n) is 2.04. The molecule has 0 saturated carbocycles. The fourth-order valence-corrected chi connectivity index (χ4v) is 2.04. The number of nitrogens with zero attached hydrogens (tertiary/aromatic N) is 2. The summed E-state index contributed by atoms with van der Waals surface area (Å²) in [5.74, 6) is 0.494. The molecule has 116 valence electrons. The normalized spacial score (nSPS) is 10.3. The van der Waals surface area contributed by atoms with Crippen LogP contribution in [-0.2, 0) is 6.54 Å². The highest BCUT2D eigenvalue weighted by Gasteiger charge is 2.08. The van der Waals surface area contributed by atoms with E-state index in [4.69, 9.17) is 0 Å². The van der Waals surface area contributed by atoms with Crippen LogP contribution in [0.25, 0.3) is 0 Å². The maximum atomic E-state index is 12.0. The molecule has 0 aliphatic heterocycles. The van der Waals surface area contributed by atoms with Crippen molar-refractivity contribution >= 4 is 11.7 Å². The van der Waals surface area contributed by atoms with E-state index in [0.29, 0.717) is 24.6 Å². The van der Waals surface area contributed by atoms with Gasteiger partial charge in [-0.05, 0) is 24.5 Å². The Hall–Kier alpha value is -2.43. The molecule has 2 rings (SSSR count). The Kier molecular flexibility index (Phi) is 5.89. The van der Waals surface area contributed by atoms with Crippen molar-refractivity contribution in [3.8, 4) is 0 Å². The predicted octanol–water partition coefficient (Wildman–Crippen LogP) is 2.93. The summed E-state index contributed by atoms with van der Waals surface area (Å²) < 4.78 is 0. The summed E-state index contributed by atoms with van der Waals surface area (Å²) in [5, 5.41) is 6.09. The molecule has 0 spiro atoms. The van der Waals surface area contributed by atoms with Gasteiger partial charge in [0.15, 0.2) is 0 Å². The number of carbonyl (C=O) groups is 1. The molecule has 0 aliphatic rings. The molecule has 22 heavy (non-hydrogen) atoms. The van der Waals surface area contributed by atoms with Crippen molar-refractivity contribution in [1.29, 1.82) is 0 Å². The number of rotatable bonds is 7. The van der Waals surface area contributed by atoms with Gasteiger partial charge in [0.05, 0.1) is 0 Å². The van der Waals surface area contributed by atoms with Crippen LogP contribution in [0.3, 0.4) is 0 Å². The molecule has 1 aromatic carbocycles. The van der Waals surface area contributed by atoms with Gasteiger partial charge in [-0.15, -0.1) is 0 Å². The third-order valence-corrected chi connectivity index (χ3v) is 3.44. The van der Waals surface area contributed by atoms with Crippen molar-refractivity contribution in [2.45, 2.75) is 33.2 Å². The van der Waals surface area contributed by atoms with E-state index in [-0.39, 0.29) is 5.91 Å². The summed E-state index contributed by atoms with van der Waals surface area (Å²) in [6.07, 6.45) is 3.43. The van der Waals surface area contributed by atoms with Crippen molar-refractivity contribution in [2.24, 2.45) is 0 Å². The van der Waals surface area contributed by atoms with Gasteiger partial charge >= 0.3 is 0 Å². The first kappa shape index (κ1) is 15.9. The molecule has 1 amide bonds. The van der Waals surface area contributed by atoms with Crippen LogP contribution >= 0.6 is 0 Å². The molecule has 1 heterocycles. The molecule has 5 heteroatoms. The van der Waals surface area contributed by atoms with Crippen LogP contribution in [-0.4, -0.2) is 22.4 Å². The van der Waals surface area contributed by atoms with E-state index in [0.717, 1.165) is 12.8 Å². The second-order valence-corrected chi connectivity index (χ2v) is 5.18. The molecule has 5 nitrogen and oxygen atoms in total. The van der Waals surface area contributed by atoms with E-state index in [1.807, 2.05) is 12.1 Å². The van der Waals surface area contributed by atoms with Crippen LogP contribution < -0.4 is 10.6 Å². The summed E-state index contributed by atoms with van der Waals surface area (Å²) in [7, 11) is 0. The van der Waals surface area contributed by atoms with E-state index < -0.39 is 0 Å². The number of aromatic nitrogens is 2. The summed E-state index contributed by atoms with van der Waals surface area (Å²) in [5.41, 5.74) is 2.81. The van der Waals surface area contributed by atoms with Gasteiger partial charge < -0.3 is 10.6 Å². The largest absolute Gasteiger partial charge is 0.366 e. The maximum absolute atomic E-state index is 12.0. The Labute approximate surface area is 131 Å². The highest BCUT2D eigenvalue weighted by molar-refractivity contribution is 5.92. The zero-order valence-corrected chi connectivity index (χ0v) is 13.1. The van der Waals surface area contributed by atoms with Gasteiger partial charge in [0.25, 0.3) is 5.91 Å². The zero-order valence-electron chi connectivity index (χ0n) is 13.1. The third-order valence-electron chi connectivity index (χ3n) is 3.44. The molecule has 2 N–H and O–H groups in total. The number of anilines is 1. The van der Waals surface area contributed by atoms with Crippen LogP contribution in [0.2, 0.25) is 0 Å². The van der Waals surface area contributed by atoms with Crippen molar-refractivity contribution in [3.05, 3.63) is 53.5 Å². The number of benzene rings is 1. The van der Waals surface area contributed by atoms with Crippen LogP contribution in [0, 0.1) is 6.92 Å². The van der Waals surface area contributed by atoms with Gasteiger partial charge in [-0.25, -0.2) is 9.97 Å². The number of hydrogen-bond donors (Lipinski definition) is 2. The Morgan fingerprint density at radius 2 is 2.05 bits per heavy atom. The average molecular weight is 298 g/mol. The summed E-state index contributed by atoms with van der Waals surface area (Å²) in [6, 6.07) is 9.85. The molecular formula is C17H22N4O. The van der Waals surface area contributed by atoms with Gasteiger partial charge in [-0.2, -0.15) is 0 Å². The lowest BCUT2D eigenvalue weighted by Gasteiger charge is -2.09. The molecule has 2 aromatic rings. The van der Waals surface area contributed by atoms with E-state index >= 15 is 0 Å². The molecule has 0 unspecified atom stereocenters. The van der Waals surface area contributed by atoms with Crippen molar-refractivity contribution < 1.29 is 4.79 Å². The second-order valence-electron chi connectivity index (χ2n) is 5.18. The molecule has 0 bridgehead atoms. The van der Waals surface area contributed by atoms with Crippen LogP contribution in [0.15, 0.2) is 36.7 Å². The smallest absolute Gasteiger partial charge is 0.270 e. The van der Waals surface area contributed by atoms with Crippen LogP contribution in [0.4, 0.5) is 5.82 Å². The fraction of sp³-hybridized carbons (Fsp3) is 0.353. The molecule has 1 aromatic heterocycles. The Morgan fingerprint density at radius 1 is 1.23 bits per heavy atom. The Balaban J connectivity index is 1.96. The monoisotopic (exact) mass is 298 g/mol. The minimum Gasteiger partial charge on any atom is -0.366 e. The van der Waals surface area contributed by atoms with Crippen molar-refractivity contribution in [1.82, 2.24) is 15.3 Å². The molecule has 0 aliphatic carbocycles. The standard InChI is InChI=1S/C17H22N4O/c1-3-4-9-18-17(22)15-10-16(21-12-20-15)19-11-14-8-6-5-7-13(14)2/h5-8,10,12H,3-4,9,11H2,1-2H3,(H,18,22)(H,19,20,21). The SMILES string of the molecule is CCCCNC(=O)c1cc(NCc2ccccc2C)ncn1. The van der Waals surface area contributed by atoms with E-state index in [1.54, 1.807) is 6.07 Å². The molecule has 0 radical (unpaired) electrons. The maximum Gasteiger partial charge on any atom is 0.270 e. The molecule has 0 atom stereocenters. The number of unbranched alkanes of at least 4 members (excludes halogenated alkanes) is 1. The molecule has 0 fully saturated rings. The Morgan fingerprint density at radius 3 is 2.82 bits per heavy atom. The number of nitrogens with one attached hydrogen (secondary N) is 2. The van der Waals surface area contributed by atoms with E-state index in [2.05, 4.69) is 46.6 Å². The lowest BCUT2D eigenvalue weighted by molar-refractivity contribution is 0.0948. The highest BCUT2D eigenvalue weighted by atomic mass is 16.1. The third kappa shape index (κ3) is 4.55. The quantitative estimate of drug-likeness (QED) is 0.771. The van der Waals surface area contributed by atoms with Crippen LogP contribution in [0.5, 0.6) is 0 Å². The molecule has 0 saturated heterocycles. The number of aryl methyl sites for hydroxylation is 1. The topological polar surface area (TPSA) is 66.9 Å². The molecular weight excluding hydrogens is 276 g/mol. The summed E-state index contributed by atoms with van der Waals surface area (Å²) >= 11 is 0. The van der Waals surface area contributed by atoms with Gasteiger partial charge in [0.1, 0.15) is 17.8 Å². The number of amides is 1. The highest BCUT2D eigenvalue weighted by Crippen LogP contribution is 2.10. The van der Waals surface area contributed by atoms with Crippen LogP contribution in [0.1, 0.15) is 41.4 Å². The second kappa shape index (κ2) is 8.12. The first-order valence-electron chi connectivity index (χ1n) is 7.59. The van der Waals surface area contributed by atoms with E-state index in [1.165, 1.54) is 17.5 Å². The average Bonchev–Trinajstić information content (AvgIpc) is 2.54.